The minimum absolute atomic E-state index is 0.166. The zero-order chi connectivity index (χ0) is 14.7. The van der Waals surface area contributed by atoms with Gasteiger partial charge in [0.2, 0.25) is 5.91 Å². The van der Waals surface area contributed by atoms with Gasteiger partial charge in [0, 0.05) is 6.54 Å². The topological polar surface area (TPSA) is 63.7 Å². The first-order valence-corrected chi connectivity index (χ1v) is 9.83. The Labute approximate surface area is 125 Å². The predicted octanol–water partition coefficient (Wildman–Crippen LogP) is 0.981. The Morgan fingerprint density at radius 1 is 1.24 bits per heavy atom. The van der Waals surface area contributed by atoms with E-state index < -0.39 is 9.84 Å². The van der Waals surface area contributed by atoms with Crippen LogP contribution in [0.2, 0.25) is 0 Å². The fourth-order valence-electron chi connectivity index (χ4n) is 4.59. The van der Waals surface area contributed by atoms with Gasteiger partial charge in [-0.3, -0.25) is 4.79 Å². The summed E-state index contributed by atoms with van der Waals surface area (Å²) in [7, 11) is -3.21. The molecule has 5 nitrogen and oxygen atoms in total. The molecule has 6 heteroatoms. The summed E-state index contributed by atoms with van der Waals surface area (Å²) in [6.45, 7) is 1.70. The lowest BCUT2D eigenvalue weighted by Crippen LogP contribution is -2.57. The summed E-state index contributed by atoms with van der Waals surface area (Å²) in [5.41, 5.74) is -0.166. The van der Waals surface area contributed by atoms with Crippen molar-refractivity contribution in [2.75, 3.05) is 25.4 Å². The van der Waals surface area contributed by atoms with E-state index in [2.05, 4.69) is 0 Å². The molecule has 118 valence electrons. The van der Waals surface area contributed by atoms with E-state index in [1.165, 1.54) is 19.3 Å². The lowest BCUT2D eigenvalue weighted by Gasteiger charge is -2.45. The Kier molecular flexibility index (Phi) is 3.12. The number of ether oxygens (including phenoxy) is 1. The third kappa shape index (κ3) is 2.40. The molecule has 3 unspecified atom stereocenters. The molecule has 4 rings (SSSR count). The molecule has 2 bridgehead atoms. The van der Waals surface area contributed by atoms with Crippen molar-refractivity contribution in [3.05, 3.63) is 0 Å². The Hall–Kier alpha value is -0.620. The molecule has 0 N–H and O–H groups in total. The SMILES string of the molecule is O=C(CS(=O)(=O)C1CC1)N1CCOC2(CC3CCC2C3)C1. The molecule has 3 atom stereocenters. The molecule has 1 aliphatic heterocycles. The lowest BCUT2D eigenvalue weighted by molar-refractivity contribution is -0.158. The van der Waals surface area contributed by atoms with Crippen LogP contribution in [0.15, 0.2) is 0 Å². The summed E-state index contributed by atoms with van der Waals surface area (Å²) in [6, 6.07) is 0. The number of carbonyl (C=O) groups is 1. The minimum Gasteiger partial charge on any atom is -0.371 e. The number of amides is 1. The van der Waals surface area contributed by atoms with Gasteiger partial charge in [0.15, 0.2) is 9.84 Å². The molecule has 1 amide bonds. The second-order valence-corrected chi connectivity index (χ2v) is 9.60. The maximum Gasteiger partial charge on any atom is 0.237 e. The molecular formula is C15H23NO4S. The van der Waals surface area contributed by atoms with Crippen molar-refractivity contribution in [3.63, 3.8) is 0 Å². The second-order valence-electron chi connectivity index (χ2n) is 7.32. The van der Waals surface area contributed by atoms with Crippen LogP contribution in [0.1, 0.15) is 38.5 Å². The van der Waals surface area contributed by atoms with Crippen LogP contribution in [0.4, 0.5) is 0 Å². The monoisotopic (exact) mass is 313 g/mol. The molecule has 1 spiro atoms. The summed E-state index contributed by atoms with van der Waals surface area (Å²) in [5, 5.41) is -0.251. The molecule has 4 aliphatic rings. The van der Waals surface area contributed by atoms with Gasteiger partial charge in [-0.2, -0.15) is 0 Å². The average molecular weight is 313 g/mol. The first-order chi connectivity index (χ1) is 9.98. The van der Waals surface area contributed by atoms with Gasteiger partial charge < -0.3 is 9.64 Å². The van der Waals surface area contributed by atoms with E-state index in [0.717, 1.165) is 25.2 Å². The number of fused-ring (bicyclic) bond motifs is 3. The fourth-order valence-corrected chi connectivity index (χ4v) is 6.21. The van der Waals surface area contributed by atoms with Crippen LogP contribution in [-0.4, -0.2) is 55.5 Å². The first-order valence-electron chi connectivity index (χ1n) is 8.12. The van der Waals surface area contributed by atoms with Crippen LogP contribution < -0.4 is 0 Å². The molecule has 3 saturated carbocycles. The van der Waals surface area contributed by atoms with Crippen LogP contribution >= 0.6 is 0 Å². The Balaban J connectivity index is 1.45. The first kappa shape index (κ1) is 14.0. The van der Waals surface area contributed by atoms with Crippen molar-refractivity contribution in [2.45, 2.75) is 49.4 Å². The summed E-state index contributed by atoms with van der Waals surface area (Å²) < 4.78 is 30.1. The molecule has 1 heterocycles. The van der Waals surface area contributed by atoms with Crippen molar-refractivity contribution < 1.29 is 17.9 Å². The zero-order valence-corrected chi connectivity index (χ0v) is 13.1. The van der Waals surface area contributed by atoms with E-state index in [9.17, 15) is 13.2 Å². The Bertz CT molecular complexity index is 556. The number of hydrogen-bond donors (Lipinski definition) is 0. The zero-order valence-electron chi connectivity index (χ0n) is 12.3. The standard InChI is InChI=1S/C15H23NO4S/c17-14(9-21(18,19)13-3-4-13)16-5-6-20-15(10-16)8-11-1-2-12(15)7-11/h11-13H,1-10H2. The smallest absolute Gasteiger partial charge is 0.237 e. The van der Waals surface area contributed by atoms with Crippen molar-refractivity contribution >= 4 is 15.7 Å². The van der Waals surface area contributed by atoms with Gasteiger partial charge in [-0.1, -0.05) is 0 Å². The number of morpholine rings is 1. The Morgan fingerprint density at radius 3 is 2.67 bits per heavy atom. The normalized spacial score (nSPS) is 39.1. The molecule has 0 aromatic carbocycles. The van der Waals surface area contributed by atoms with Gasteiger partial charge in [-0.05, 0) is 50.4 Å². The van der Waals surface area contributed by atoms with E-state index in [1.807, 2.05) is 0 Å². The third-order valence-electron chi connectivity index (χ3n) is 5.84. The van der Waals surface area contributed by atoms with Crippen LogP contribution in [0.25, 0.3) is 0 Å². The van der Waals surface area contributed by atoms with Gasteiger partial charge in [0.1, 0.15) is 5.75 Å². The van der Waals surface area contributed by atoms with Crippen LogP contribution in [0, 0.1) is 11.8 Å². The molecule has 21 heavy (non-hydrogen) atoms. The highest BCUT2D eigenvalue weighted by molar-refractivity contribution is 7.93. The fraction of sp³-hybridized carbons (Fsp3) is 0.933. The molecule has 1 saturated heterocycles. The summed E-state index contributed by atoms with van der Waals surface area (Å²) in [6.07, 6.45) is 6.23. The molecule has 3 aliphatic carbocycles. The molecule has 4 fully saturated rings. The number of carbonyl (C=O) groups excluding carboxylic acids is 1. The van der Waals surface area contributed by atoms with Crippen LogP contribution in [0.5, 0.6) is 0 Å². The Morgan fingerprint density at radius 2 is 2.05 bits per heavy atom. The van der Waals surface area contributed by atoms with Crippen LogP contribution in [0.3, 0.4) is 0 Å². The van der Waals surface area contributed by atoms with E-state index in [-0.39, 0.29) is 22.5 Å². The quantitative estimate of drug-likeness (QED) is 0.779. The summed E-state index contributed by atoms with van der Waals surface area (Å²) in [4.78, 5) is 14.1. The number of sulfone groups is 1. The van der Waals surface area contributed by atoms with E-state index in [0.29, 0.717) is 25.6 Å². The lowest BCUT2D eigenvalue weighted by atomic mass is 9.82. The van der Waals surface area contributed by atoms with Crippen molar-refractivity contribution in [2.24, 2.45) is 11.8 Å². The van der Waals surface area contributed by atoms with Gasteiger partial charge in [-0.25, -0.2) is 8.42 Å². The van der Waals surface area contributed by atoms with E-state index in [4.69, 9.17) is 4.74 Å². The van der Waals surface area contributed by atoms with E-state index >= 15 is 0 Å². The van der Waals surface area contributed by atoms with Crippen LogP contribution in [-0.2, 0) is 19.4 Å². The van der Waals surface area contributed by atoms with Gasteiger partial charge in [0.05, 0.1) is 24.0 Å². The van der Waals surface area contributed by atoms with Gasteiger partial charge in [0.25, 0.3) is 0 Å². The summed E-state index contributed by atoms with van der Waals surface area (Å²) >= 11 is 0. The average Bonchev–Trinajstić information content (AvgIpc) is 3.14. The predicted molar refractivity (Wildman–Crippen MR) is 77.5 cm³/mol. The van der Waals surface area contributed by atoms with Gasteiger partial charge in [-0.15, -0.1) is 0 Å². The molecule has 0 radical (unpaired) electrons. The summed E-state index contributed by atoms with van der Waals surface area (Å²) in [5.74, 6) is 0.799. The minimum atomic E-state index is -3.21. The van der Waals surface area contributed by atoms with Crippen molar-refractivity contribution in [1.82, 2.24) is 4.90 Å². The highest BCUT2D eigenvalue weighted by Crippen LogP contribution is 2.53. The number of hydrogen-bond acceptors (Lipinski definition) is 4. The second kappa shape index (κ2) is 4.69. The number of nitrogens with zero attached hydrogens (tertiary/aromatic N) is 1. The maximum atomic E-state index is 12.4. The highest BCUT2D eigenvalue weighted by atomic mass is 32.2. The molecular weight excluding hydrogens is 290 g/mol. The van der Waals surface area contributed by atoms with E-state index in [1.54, 1.807) is 4.90 Å². The molecule has 0 aromatic rings. The number of rotatable bonds is 3. The maximum absolute atomic E-state index is 12.4. The molecule has 0 aromatic heterocycles. The largest absolute Gasteiger partial charge is 0.371 e. The third-order valence-corrected chi connectivity index (χ3v) is 7.97. The van der Waals surface area contributed by atoms with Crippen molar-refractivity contribution in [3.8, 4) is 0 Å². The van der Waals surface area contributed by atoms with Crippen molar-refractivity contribution in [1.29, 1.82) is 0 Å². The van der Waals surface area contributed by atoms with Gasteiger partial charge >= 0.3 is 0 Å². The highest BCUT2D eigenvalue weighted by Gasteiger charge is 2.54.